The van der Waals surface area contributed by atoms with Crippen molar-refractivity contribution in [1.82, 2.24) is 15.6 Å². The molecule has 1 saturated heterocycles. The van der Waals surface area contributed by atoms with Crippen LogP contribution in [-0.4, -0.2) is 55.2 Å². The van der Waals surface area contributed by atoms with Crippen LogP contribution in [0.5, 0.6) is 0 Å². The fraction of sp³-hybridized carbons (Fsp3) is 0.667. The Hall–Kier alpha value is -2.42. The van der Waals surface area contributed by atoms with Crippen molar-refractivity contribution in [2.75, 3.05) is 26.3 Å². The van der Waals surface area contributed by atoms with Crippen LogP contribution >= 0.6 is 0 Å². The Kier molecular flexibility index (Phi) is 8.25. The van der Waals surface area contributed by atoms with E-state index in [1.54, 1.807) is 13.8 Å². The first-order valence-corrected chi connectivity index (χ1v) is 9.34. The van der Waals surface area contributed by atoms with E-state index in [9.17, 15) is 14.4 Å². The van der Waals surface area contributed by atoms with E-state index >= 15 is 0 Å². The van der Waals surface area contributed by atoms with Gasteiger partial charge in [0.2, 0.25) is 0 Å². The molecule has 9 nitrogen and oxygen atoms in total. The summed E-state index contributed by atoms with van der Waals surface area (Å²) in [5.41, 5.74) is 0.106. The van der Waals surface area contributed by atoms with Crippen molar-refractivity contribution in [2.24, 2.45) is 0 Å². The third kappa shape index (κ3) is 6.35. The molecule has 1 aromatic heterocycles. The topological polar surface area (TPSA) is 120 Å². The molecule has 0 spiro atoms. The third-order valence-corrected chi connectivity index (χ3v) is 4.26. The van der Waals surface area contributed by atoms with Gasteiger partial charge in [-0.1, -0.05) is 0 Å². The first-order valence-electron chi connectivity index (χ1n) is 9.34. The predicted molar refractivity (Wildman–Crippen MR) is 95.1 cm³/mol. The van der Waals surface area contributed by atoms with E-state index in [2.05, 4.69) is 15.6 Å². The Bertz CT molecular complexity index is 639. The van der Waals surface area contributed by atoms with E-state index in [1.807, 2.05) is 0 Å². The van der Waals surface area contributed by atoms with Gasteiger partial charge in [0, 0.05) is 12.3 Å². The standard InChI is InChI=1S/C18H27N3O6/c1-3-25-15(22)6-5-13(18(24)26-4-2)20-16(23)14-11-27-17(21-14)12-7-9-19-10-8-12/h11-13,19H,3-10H2,1-2H3,(H,20,23). The van der Waals surface area contributed by atoms with Crippen molar-refractivity contribution in [3.05, 3.63) is 17.8 Å². The van der Waals surface area contributed by atoms with Crippen LogP contribution in [0.2, 0.25) is 0 Å². The highest BCUT2D eigenvalue weighted by Crippen LogP contribution is 2.24. The molecular formula is C18H27N3O6. The summed E-state index contributed by atoms with van der Waals surface area (Å²) in [5.74, 6) is -0.868. The van der Waals surface area contributed by atoms with Crippen LogP contribution < -0.4 is 10.6 Å². The van der Waals surface area contributed by atoms with Gasteiger partial charge in [-0.3, -0.25) is 9.59 Å². The fourth-order valence-corrected chi connectivity index (χ4v) is 2.87. The molecule has 27 heavy (non-hydrogen) atoms. The average Bonchev–Trinajstić information content (AvgIpc) is 3.16. The summed E-state index contributed by atoms with van der Waals surface area (Å²) in [6.45, 7) is 5.57. The summed E-state index contributed by atoms with van der Waals surface area (Å²) >= 11 is 0. The molecule has 0 radical (unpaired) electrons. The number of rotatable bonds is 9. The quantitative estimate of drug-likeness (QED) is 0.611. The number of amides is 1. The molecule has 0 aliphatic carbocycles. The molecule has 1 unspecified atom stereocenters. The minimum absolute atomic E-state index is 0.00323. The van der Waals surface area contributed by atoms with Gasteiger partial charge >= 0.3 is 11.9 Å². The van der Waals surface area contributed by atoms with Gasteiger partial charge in [-0.25, -0.2) is 9.78 Å². The van der Waals surface area contributed by atoms with E-state index < -0.39 is 23.9 Å². The number of aromatic nitrogens is 1. The van der Waals surface area contributed by atoms with E-state index in [1.165, 1.54) is 6.26 Å². The van der Waals surface area contributed by atoms with Crippen molar-refractivity contribution in [3.63, 3.8) is 0 Å². The van der Waals surface area contributed by atoms with Crippen LogP contribution in [0.15, 0.2) is 10.7 Å². The number of carbonyl (C=O) groups is 3. The number of carbonyl (C=O) groups excluding carboxylic acids is 3. The summed E-state index contributed by atoms with van der Waals surface area (Å²) in [6.07, 6.45) is 3.17. The lowest BCUT2D eigenvalue weighted by molar-refractivity contribution is -0.146. The van der Waals surface area contributed by atoms with Crippen molar-refractivity contribution in [1.29, 1.82) is 0 Å². The molecule has 1 aliphatic heterocycles. The van der Waals surface area contributed by atoms with Crippen LogP contribution in [0.1, 0.15) is 61.8 Å². The molecule has 150 valence electrons. The van der Waals surface area contributed by atoms with Gasteiger partial charge in [0.25, 0.3) is 5.91 Å². The molecule has 9 heteroatoms. The van der Waals surface area contributed by atoms with Crippen LogP contribution in [0.25, 0.3) is 0 Å². The number of ether oxygens (including phenoxy) is 2. The van der Waals surface area contributed by atoms with Gasteiger partial charge in [-0.2, -0.15) is 0 Å². The van der Waals surface area contributed by atoms with Crippen LogP contribution in [0.3, 0.4) is 0 Å². The maximum Gasteiger partial charge on any atom is 0.328 e. The molecule has 1 aromatic rings. The molecule has 1 aliphatic rings. The number of hydrogen-bond acceptors (Lipinski definition) is 8. The minimum Gasteiger partial charge on any atom is -0.466 e. The van der Waals surface area contributed by atoms with E-state index in [4.69, 9.17) is 13.9 Å². The normalized spacial score (nSPS) is 15.8. The molecule has 1 amide bonds. The van der Waals surface area contributed by atoms with Crippen molar-refractivity contribution < 1.29 is 28.3 Å². The number of oxazole rings is 1. The second kappa shape index (κ2) is 10.7. The predicted octanol–water partition coefficient (Wildman–Crippen LogP) is 1.15. The number of nitrogens with zero attached hydrogens (tertiary/aromatic N) is 1. The first kappa shape index (κ1) is 20.9. The fourth-order valence-electron chi connectivity index (χ4n) is 2.87. The maximum absolute atomic E-state index is 12.5. The summed E-state index contributed by atoms with van der Waals surface area (Å²) in [5, 5.41) is 5.83. The zero-order valence-electron chi connectivity index (χ0n) is 15.8. The summed E-state index contributed by atoms with van der Waals surface area (Å²) in [6, 6.07) is -0.958. The summed E-state index contributed by atoms with van der Waals surface area (Å²) in [4.78, 5) is 40.4. The molecule has 2 heterocycles. The molecule has 1 atom stereocenters. The average molecular weight is 381 g/mol. The van der Waals surface area contributed by atoms with Gasteiger partial charge in [-0.05, 0) is 46.2 Å². The number of hydrogen-bond donors (Lipinski definition) is 2. The monoisotopic (exact) mass is 381 g/mol. The zero-order valence-corrected chi connectivity index (χ0v) is 15.8. The molecule has 2 rings (SSSR count). The molecule has 0 bridgehead atoms. The number of nitrogens with one attached hydrogen (secondary N) is 2. The summed E-state index contributed by atoms with van der Waals surface area (Å²) < 4.78 is 15.3. The lowest BCUT2D eigenvalue weighted by Crippen LogP contribution is -2.42. The van der Waals surface area contributed by atoms with Crippen LogP contribution in [-0.2, 0) is 19.1 Å². The third-order valence-electron chi connectivity index (χ3n) is 4.26. The molecule has 0 saturated carbocycles. The SMILES string of the molecule is CCOC(=O)CCC(NC(=O)c1coc(C2CCNCC2)n1)C(=O)OCC. The Labute approximate surface area is 158 Å². The van der Waals surface area contributed by atoms with Crippen molar-refractivity contribution >= 4 is 17.8 Å². The van der Waals surface area contributed by atoms with Crippen molar-refractivity contribution in [3.8, 4) is 0 Å². The second-order valence-corrected chi connectivity index (χ2v) is 6.22. The van der Waals surface area contributed by atoms with E-state index in [0.717, 1.165) is 25.9 Å². The first-order chi connectivity index (χ1) is 13.0. The Balaban J connectivity index is 1.98. The molecule has 1 fully saturated rings. The highest BCUT2D eigenvalue weighted by molar-refractivity contribution is 5.95. The molecule has 0 aromatic carbocycles. The Morgan fingerprint density at radius 2 is 1.96 bits per heavy atom. The van der Waals surface area contributed by atoms with Crippen LogP contribution in [0.4, 0.5) is 0 Å². The number of piperidine rings is 1. The highest BCUT2D eigenvalue weighted by atomic mass is 16.5. The molecular weight excluding hydrogens is 354 g/mol. The van der Waals surface area contributed by atoms with Gasteiger partial charge < -0.3 is 24.5 Å². The lowest BCUT2D eigenvalue weighted by atomic mass is 9.98. The van der Waals surface area contributed by atoms with Gasteiger partial charge in [0.15, 0.2) is 11.6 Å². The van der Waals surface area contributed by atoms with Gasteiger partial charge in [-0.15, -0.1) is 0 Å². The van der Waals surface area contributed by atoms with E-state index in [-0.39, 0.29) is 37.7 Å². The Morgan fingerprint density at radius 3 is 2.63 bits per heavy atom. The smallest absolute Gasteiger partial charge is 0.328 e. The van der Waals surface area contributed by atoms with Crippen LogP contribution in [0, 0.1) is 0 Å². The van der Waals surface area contributed by atoms with Gasteiger partial charge in [0.05, 0.1) is 13.2 Å². The van der Waals surface area contributed by atoms with E-state index in [0.29, 0.717) is 5.89 Å². The highest BCUT2D eigenvalue weighted by Gasteiger charge is 2.26. The second-order valence-electron chi connectivity index (χ2n) is 6.22. The Morgan fingerprint density at radius 1 is 1.26 bits per heavy atom. The van der Waals surface area contributed by atoms with Crippen molar-refractivity contribution in [2.45, 2.75) is 51.5 Å². The lowest BCUT2D eigenvalue weighted by Gasteiger charge is -2.19. The molecule has 2 N–H and O–H groups in total. The maximum atomic E-state index is 12.5. The number of esters is 2. The minimum atomic E-state index is -0.958. The largest absolute Gasteiger partial charge is 0.466 e. The van der Waals surface area contributed by atoms with Gasteiger partial charge in [0.1, 0.15) is 12.3 Å². The summed E-state index contributed by atoms with van der Waals surface area (Å²) in [7, 11) is 0. The zero-order chi connectivity index (χ0) is 19.6.